The van der Waals surface area contributed by atoms with Crippen molar-refractivity contribution in [3.8, 4) is 22.3 Å². The maximum atomic E-state index is 2.35. The van der Waals surface area contributed by atoms with E-state index in [1.807, 2.05) is 11.8 Å². The Morgan fingerprint density at radius 3 is 1.30 bits per heavy atom. The molecule has 188 valence electrons. The van der Waals surface area contributed by atoms with Crippen molar-refractivity contribution in [2.24, 2.45) is 0 Å². The summed E-state index contributed by atoms with van der Waals surface area (Å²) in [5, 5.41) is 5.28. The van der Waals surface area contributed by atoms with Crippen molar-refractivity contribution < 1.29 is 0 Å². The van der Waals surface area contributed by atoms with Crippen LogP contribution < -0.4 is 0 Å². The SMILES string of the molecule is c1ccc(-c2ccc(-c3ccc(C4c5c(ccc6ccccc56)Sc5ccc6ccccc6c54)cc3)cc2)cc1. The van der Waals surface area contributed by atoms with E-state index in [1.54, 1.807) is 0 Å². The molecule has 0 atom stereocenters. The Labute approximate surface area is 239 Å². The van der Waals surface area contributed by atoms with Crippen LogP contribution >= 0.6 is 11.8 Å². The normalized spacial score (nSPS) is 12.8. The van der Waals surface area contributed by atoms with Crippen LogP contribution in [-0.4, -0.2) is 0 Å². The molecule has 0 nitrogen and oxygen atoms in total. The fourth-order valence-electron chi connectivity index (χ4n) is 6.27. The van der Waals surface area contributed by atoms with E-state index in [4.69, 9.17) is 0 Å². The number of benzene rings is 7. The summed E-state index contributed by atoms with van der Waals surface area (Å²) in [5.74, 6) is 0.165. The first-order valence-corrected chi connectivity index (χ1v) is 14.6. The van der Waals surface area contributed by atoms with Crippen molar-refractivity contribution in [2.45, 2.75) is 15.7 Å². The van der Waals surface area contributed by atoms with Crippen LogP contribution in [0.1, 0.15) is 22.6 Å². The first-order valence-electron chi connectivity index (χ1n) is 13.8. The van der Waals surface area contributed by atoms with Gasteiger partial charge in [0, 0.05) is 15.7 Å². The molecule has 0 aromatic heterocycles. The molecule has 1 heteroatoms. The van der Waals surface area contributed by atoms with Gasteiger partial charge in [-0.1, -0.05) is 151 Å². The van der Waals surface area contributed by atoms with Gasteiger partial charge in [0.25, 0.3) is 0 Å². The van der Waals surface area contributed by atoms with Crippen LogP contribution in [0.3, 0.4) is 0 Å². The Balaban J connectivity index is 1.27. The van der Waals surface area contributed by atoms with Crippen molar-refractivity contribution >= 4 is 33.3 Å². The van der Waals surface area contributed by atoms with Gasteiger partial charge in [-0.2, -0.15) is 0 Å². The predicted octanol–water partition coefficient (Wildman–Crippen LogP) is 11.0. The summed E-state index contributed by atoms with van der Waals surface area (Å²) >= 11 is 1.91. The number of rotatable bonds is 3. The molecular formula is C39H26S. The van der Waals surface area contributed by atoms with E-state index >= 15 is 0 Å². The molecule has 0 bridgehead atoms. The molecular weight excluding hydrogens is 500 g/mol. The highest BCUT2D eigenvalue weighted by molar-refractivity contribution is 7.99. The lowest BCUT2D eigenvalue weighted by atomic mass is 9.80. The summed E-state index contributed by atoms with van der Waals surface area (Å²) in [4.78, 5) is 2.71. The van der Waals surface area contributed by atoms with Gasteiger partial charge < -0.3 is 0 Å². The molecule has 1 heterocycles. The topological polar surface area (TPSA) is 0 Å². The summed E-state index contributed by atoms with van der Waals surface area (Å²) in [7, 11) is 0. The Morgan fingerprint density at radius 2 is 0.775 bits per heavy atom. The van der Waals surface area contributed by atoms with Crippen LogP contribution in [-0.2, 0) is 0 Å². The molecule has 0 fully saturated rings. The van der Waals surface area contributed by atoms with Crippen molar-refractivity contribution in [2.75, 3.05) is 0 Å². The van der Waals surface area contributed by atoms with Gasteiger partial charge in [0.2, 0.25) is 0 Å². The second-order valence-corrected chi connectivity index (χ2v) is 11.6. The van der Waals surface area contributed by atoms with E-state index in [0.717, 1.165) is 0 Å². The Morgan fingerprint density at radius 1 is 0.350 bits per heavy atom. The van der Waals surface area contributed by atoms with Crippen molar-refractivity contribution in [1.82, 2.24) is 0 Å². The fraction of sp³-hybridized carbons (Fsp3) is 0.0256. The van der Waals surface area contributed by atoms with Gasteiger partial charge in [-0.05, 0) is 72.6 Å². The van der Waals surface area contributed by atoms with Gasteiger partial charge in [-0.25, -0.2) is 0 Å². The summed E-state index contributed by atoms with van der Waals surface area (Å²) < 4.78 is 0. The Hall–Kier alpha value is -4.59. The zero-order valence-electron chi connectivity index (χ0n) is 21.9. The van der Waals surface area contributed by atoms with Crippen LogP contribution in [0.5, 0.6) is 0 Å². The van der Waals surface area contributed by atoms with Gasteiger partial charge in [-0.15, -0.1) is 0 Å². The lowest BCUT2D eigenvalue weighted by molar-refractivity contribution is 0.926. The molecule has 8 rings (SSSR count). The second kappa shape index (κ2) is 9.55. The molecule has 40 heavy (non-hydrogen) atoms. The van der Waals surface area contributed by atoms with Crippen LogP contribution in [0.25, 0.3) is 43.8 Å². The van der Waals surface area contributed by atoms with Crippen LogP contribution in [0.2, 0.25) is 0 Å². The van der Waals surface area contributed by atoms with E-state index in [0.29, 0.717) is 0 Å². The summed E-state index contributed by atoms with van der Waals surface area (Å²) in [5.41, 5.74) is 9.15. The molecule has 0 spiro atoms. The first kappa shape index (κ1) is 23.3. The fourth-order valence-corrected chi connectivity index (χ4v) is 7.46. The molecule has 0 radical (unpaired) electrons. The average molecular weight is 527 g/mol. The van der Waals surface area contributed by atoms with E-state index in [1.165, 1.54) is 70.3 Å². The summed E-state index contributed by atoms with van der Waals surface area (Å²) in [6.45, 7) is 0. The van der Waals surface area contributed by atoms with E-state index < -0.39 is 0 Å². The third kappa shape index (κ3) is 3.86. The standard InChI is InChI=1S/C39H26S/c1-2-8-26(9-3-1)27-14-16-28(17-15-27)29-18-20-32(21-19-29)37-38-33-12-6-4-10-30(33)22-24-35(38)40-36-25-23-31-11-5-7-13-34(31)39(36)37/h1-25,37H. The van der Waals surface area contributed by atoms with Crippen LogP contribution in [0, 0.1) is 0 Å². The first-order chi connectivity index (χ1) is 19.8. The molecule has 0 saturated carbocycles. The predicted molar refractivity (Wildman–Crippen MR) is 170 cm³/mol. The monoisotopic (exact) mass is 526 g/mol. The molecule has 0 unspecified atom stereocenters. The molecule has 7 aromatic rings. The van der Waals surface area contributed by atoms with Gasteiger partial charge in [-0.3, -0.25) is 0 Å². The van der Waals surface area contributed by atoms with E-state index in [9.17, 15) is 0 Å². The van der Waals surface area contributed by atoms with Crippen molar-refractivity contribution in [3.05, 3.63) is 168 Å². The largest absolute Gasteiger partial charge is 0.0894 e. The minimum absolute atomic E-state index is 0.165. The average Bonchev–Trinajstić information content (AvgIpc) is 3.04. The molecule has 1 aliphatic rings. The quantitative estimate of drug-likeness (QED) is 0.221. The van der Waals surface area contributed by atoms with E-state index in [2.05, 4.69) is 152 Å². The zero-order chi connectivity index (χ0) is 26.5. The highest BCUT2D eigenvalue weighted by atomic mass is 32.2. The van der Waals surface area contributed by atoms with Gasteiger partial charge in [0.1, 0.15) is 0 Å². The van der Waals surface area contributed by atoms with Gasteiger partial charge in [0.15, 0.2) is 0 Å². The molecule has 0 N–H and O–H groups in total. The summed E-state index contributed by atoms with van der Waals surface area (Å²) in [6.07, 6.45) is 0. The molecule has 0 aliphatic carbocycles. The lowest BCUT2D eigenvalue weighted by Gasteiger charge is -2.31. The summed E-state index contributed by atoms with van der Waals surface area (Å²) in [6, 6.07) is 55.6. The zero-order valence-corrected chi connectivity index (χ0v) is 22.7. The van der Waals surface area contributed by atoms with Crippen molar-refractivity contribution in [3.63, 3.8) is 0 Å². The maximum absolute atomic E-state index is 2.35. The minimum Gasteiger partial charge on any atom is -0.0894 e. The highest BCUT2D eigenvalue weighted by Gasteiger charge is 2.31. The van der Waals surface area contributed by atoms with Gasteiger partial charge in [0.05, 0.1) is 0 Å². The number of hydrogen-bond donors (Lipinski definition) is 0. The molecule has 7 aromatic carbocycles. The van der Waals surface area contributed by atoms with E-state index in [-0.39, 0.29) is 5.92 Å². The molecule has 0 amide bonds. The molecule has 0 saturated heterocycles. The third-order valence-electron chi connectivity index (χ3n) is 8.23. The van der Waals surface area contributed by atoms with Crippen LogP contribution in [0.15, 0.2) is 161 Å². The highest BCUT2D eigenvalue weighted by Crippen LogP contribution is 2.53. The smallest absolute Gasteiger partial charge is 0.0374 e. The lowest BCUT2D eigenvalue weighted by Crippen LogP contribution is -2.11. The van der Waals surface area contributed by atoms with Crippen LogP contribution in [0.4, 0.5) is 0 Å². The number of fused-ring (bicyclic) bond motifs is 6. The second-order valence-electron chi connectivity index (χ2n) is 10.5. The Kier molecular flexibility index (Phi) is 5.57. The van der Waals surface area contributed by atoms with Gasteiger partial charge >= 0.3 is 0 Å². The third-order valence-corrected chi connectivity index (χ3v) is 9.38. The maximum Gasteiger partial charge on any atom is 0.0374 e. The molecule has 1 aliphatic heterocycles. The Bertz CT molecular complexity index is 1920. The minimum atomic E-state index is 0.165. The van der Waals surface area contributed by atoms with Crippen molar-refractivity contribution in [1.29, 1.82) is 0 Å². The number of hydrogen-bond acceptors (Lipinski definition) is 1.